The molecule has 2 N–H and O–H groups in total. The lowest BCUT2D eigenvalue weighted by Gasteiger charge is -2.03. The van der Waals surface area contributed by atoms with Crippen LogP contribution in [0.15, 0.2) is 24.4 Å². The first-order valence-electron chi connectivity index (χ1n) is 5.31. The van der Waals surface area contributed by atoms with Crippen molar-refractivity contribution >= 4 is 28.6 Å². The summed E-state index contributed by atoms with van der Waals surface area (Å²) in [4.78, 5) is 14.0. The van der Waals surface area contributed by atoms with Gasteiger partial charge in [-0.3, -0.25) is 0 Å². The fourth-order valence-electron chi connectivity index (χ4n) is 1.73. The number of halogens is 1. The number of aromatic nitrogens is 1. The van der Waals surface area contributed by atoms with Gasteiger partial charge in [0.25, 0.3) is 0 Å². The van der Waals surface area contributed by atoms with Crippen LogP contribution in [0, 0.1) is 0 Å². The first kappa shape index (κ1) is 11.8. The molecule has 5 heteroatoms. The highest BCUT2D eigenvalue weighted by atomic mass is 35.5. The van der Waals surface area contributed by atoms with Gasteiger partial charge in [-0.15, -0.1) is 0 Å². The van der Waals surface area contributed by atoms with E-state index in [4.69, 9.17) is 16.3 Å². The number of amides is 1. The Labute approximate surface area is 104 Å². The van der Waals surface area contributed by atoms with Crippen LogP contribution in [0.25, 0.3) is 10.9 Å². The van der Waals surface area contributed by atoms with Gasteiger partial charge < -0.3 is 15.0 Å². The molecule has 2 rings (SSSR count). The second-order valence-corrected chi connectivity index (χ2v) is 4.02. The Bertz CT molecular complexity index is 536. The standard InChI is InChI=1S/C12H13ClN2O2/c1-14-12(16)17-6-5-8-7-15-10-4-2-3-9(13)11(8)10/h2-4,7,15H,5-6H2,1H3,(H,14,16). The van der Waals surface area contributed by atoms with Crippen molar-refractivity contribution < 1.29 is 9.53 Å². The van der Waals surface area contributed by atoms with Crippen LogP contribution in [-0.2, 0) is 11.2 Å². The Kier molecular flexibility index (Phi) is 3.54. The molecule has 0 unspecified atom stereocenters. The minimum atomic E-state index is -0.420. The number of hydrogen-bond donors (Lipinski definition) is 2. The molecule has 0 fully saturated rings. The van der Waals surface area contributed by atoms with Crippen LogP contribution in [0.3, 0.4) is 0 Å². The summed E-state index contributed by atoms with van der Waals surface area (Å²) in [7, 11) is 1.53. The highest BCUT2D eigenvalue weighted by molar-refractivity contribution is 6.35. The van der Waals surface area contributed by atoms with Crippen LogP contribution < -0.4 is 5.32 Å². The third kappa shape index (κ3) is 2.53. The molecule has 1 aromatic carbocycles. The van der Waals surface area contributed by atoms with Gasteiger partial charge >= 0.3 is 6.09 Å². The molecule has 1 amide bonds. The van der Waals surface area contributed by atoms with E-state index in [1.807, 2.05) is 24.4 Å². The number of rotatable bonds is 3. The summed E-state index contributed by atoms with van der Waals surface area (Å²) in [5.41, 5.74) is 2.04. The van der Waals surface area contributed by atoms with Gasteiger partial charge in [0.05, 0.1) is 11.6 Å². The summed E-state index contributed by atoms with van der Waals surface area (Å²) < 4.78 is 4.95. The van der Waals surface area contributed by atoms with Gasteiger partial charge in [-0.1, -0.05) is 17.7 Å². The number of H-pyrrole nitrogens is 1. The number of aromatic amines is 1. The number of alkyl carbamates (subject to hydrolysis) is 1. The van der Waals surface area contributed by atoms with Crippen LogP contribution >= 0.6 is 11.6 Å². The maximum absolute atomic E-state index is 10.9. The molecule has 90 valence electrons. The first-order valence-corrected chi connectivity index (χ1v) is 5.69. The van der Waals surface area contributed by atoms with Gasteiger partial charge in [-0.05, 0) is 17.7 Å². The molecule has 0 saturated heterocycles. The van der Waals surface area contributed by atoms with E-state index in [1.54, 1.807) is 0 Å². The van der Waals surface area contributed by atoms with Gasteiger partial charge in [0.2, 0.25) is 0 Å². The zero-order chi connectivity index (χ0) is 12.3. The van der Waals surface area contributed by atoms with Crippen LogP contribution in [0.5, 0.6) is 0 Å². The number of benzene rings is 1. The number of ether oxygens (including phenoxy) is 1. The van der Waals surface area contributed by atoms with Crippen LogP contribution in [0.4, 0.5) is 4.79 Å². The van der Waals surface area contributed by atoms with Crippen molar-refractivity contribution in [3.05, 3.63) is 35.0 Å². The Morgan fingerprint density at radius 1 is 1.53 bits per heavy atom. The lowest BCUT2D eigenvalue weighted by atomic mass is 10.1. The summed E-state index contributed by atoms with van der Waals surface area (Å²) in [6, 6.07) is 5.71. The zero-order valence-electron chi connectivity index (χ0n) is 9.42. The van der Waals surface area contributed by atoms with Gasteiger partial charge in [0, 0.05) is 30.6 Å². The van der Waals surface area contributed by atoms with Crippen molar-refractivity contribution in [2.24, 2.45) is 0 Å². The molecule has 17 heavy (non-hydrogen) atoms. The quantitative estimate of drug-likeness (QED) is 0.883. The third-order valence-corrected chi connectivity index (χ3v) is 2.86. The number of carbonyl (C=O) groups is 1. The first-order chi connectivity index (χ1) is 8.22. The Morgan fingerprint density at radius 3 is 3.12 bits per heavy atom. The fraction of sp³-hybridized carbons (Fsp3) is 0.250. The molecule has 0 aliphatic carbocycles. The lowest BCUT2D eigenvalue weighted by Crippen LogP contribution is -2.20. The van der Waals surface area contributed by atoms with E-state index >= 15 is 0 Å². The molecule has 1 aromatic heterocycles. The van der Waals surface area contributed by atoms with Gasteiger partial charge in [-0.25, -0.2) is 4.79 Å². The maximum Gasteiger partial charge on any atom is 0.406 e. The SMILES string of the molecule is CNC(=O)OCCc1c[nH]c2cccc(Cl)c12. The van der Waals surface area contributed by atoms with E-state index in [9.17, 15) is 4.79 Å². The summed E-state index contributed by atoms with van der Waals surface area (Å²) in [6.45, 7) is 0.331. The number of hydrogen-bond acceptors (Lipinski definition) is 2. The van der Waals surface area contributed by atoms with Crippen molar-refractivity contribution in [3.8, 4) is 0 Å². The van der Waals surface area contributed by atoms with Gasteiger partial charge in [-0.2, -0.15) is 0 Å². The molecular weight excluding hydrogens is 240 g/mol. The lowest BCUT2D eigenvalue weighted by molar-refractivity contribution is 0.150. The second kappa shape index (κ2) is 5.10. The predicted molar refractivity (Wildman–Crippen MR) is 67.4 cm³/mol. The second-order valence-electron chi connectivity index (χ2n) is 3.61. The molecule has 0 saturated carbocycles. The van der Waals surface area contributed by atoms with Crippen molar-refractivity contribution in [2.45, 2.75) is 6.42 Å². The molecule has 4 nitrogen and oxygen atoms in total. The van der Waals surface area contributed by atoms with Crippen LogP contribution in [0.2, 0.25) is 5.02 Å². The Balaban J connectivity index is 2.11. The Morgan fingerprint density at radius 2 is 2.35 bits per heavy atom. The number of fused-ring (bicyclic) bond motifs is 1. The van der Waals surface area contributed by atoms with E-state index in [-0.39, 0.29) is 0 Å². The van der Waals surface area contributed by atoms with E-state index in [0.717, 1.165) is 16.5 Å². The van der Waals surface area contributed by atoms with Crippen molar-refractivity contribution in [1.29, 1.82) is 0 Å². The minimum absolute atomic E-state index is 0.331. The molecule has 2 aromatic rings. The van der Waals surface area contributed by atoms with Crippen LogP contribution in [-0.4, -0.2) is 24.7 Å². The number of carbonyl (C=O) groups excluding carboxylic acids is 1. The van der Waals surface area contributed by atoms with Crippen molar-refractivity contribution in [3.63, 3.8) is 0 Å². The largest absolute Gasteiger partial charge is 0.449 e. The minimum Gasteiger partial charge on any atom is -0.449 e. The average molecular weight is 253 g/mol. The summed E-state index contributed by atoms with van der Waals surface area (Å²) in [5.74, 6) is 0. The highest BCUT2D eigenvalue weighted by Crippen LogP contribution is 2.26. The summed E-state index contributed by atoms with van der Waals surface area (Å²) in [6.07, 6.45) is 2.11. The Hall–Kier alpha value is -1.68. The predicted octanol–water partition coefficient (Wildman–Crippen LogP) is 2.72. The normalized spacial score (nSPS) is 10.5. The average Bonchev–Trinajstić information content (AvgIpc) is 2.74. The maximum atomic E-state index is 10.9. The van der Waals surface area contributed by atoms with E-state index < -0.39 is 6.09 Å². The van der Waals surface area contributed by atoms with Crippen LogP contribution in [0.1, 0.15) is 5.56 Å². The van der Waals surface area contributed by atoms with E-state index in [2.05, 4.69) is 10.3 Å². The van der Waals surface area contributed by atoms with Crippen molar-refractivity contribution in [1.82, 2.24) is 10.3 Å². The highest BCUT2D eigenvalue weighted by Gasteiger charge is 2.07. The fourth-order valence-corrected chi connectivity index (χ4v) is 2.03. The molecule has 0 aliphatic heterocycles. The molecular formula is C12H13ClN2O2. The molecule has 0 bridgehead atoms. The van der Waals surface area contributed by atoms with Gasteiger partial charge in [0.1, 0.15) is 0 Å². The molecule has 1 heterocycles. The number of nitrogens with one attached hydrogen (secondary N) is 2. The third-order valence-electron chi connectivity index (χ3n) is 2.55. The summed E-state index contributed by atoms with van der Waals surface area (Å²) >= 11 is 6.13. The summed E-state index contributed by atoms with van der Waals surface area (Å²) in [5, 5.41) is 4.10. The molecule has 0 atom stereocenters. The molecule has 0 radical (unpaired) electrons. The topological polar surface area (TPSA) is 54.1 Å². The monoisotopic (exact) mass is 252 g/mol. The van der Waals surface area contributed by atoms with E-state index in [0.29, 0.717) is 18.1 Å². The smallest absolute Gasteiger partial charge is 0.406 e. The van der Waals surface area contributed by atoms with E-state index in [1.165, 1.54) is 7.05 Å². The van der Waals surface area contributed by atoms with Crippen molar-refractivity contribution in [2.75, 3.05) is 13.7 Å². The van der Waals surface area contributed by atoms with Gasteiger partial charge in [0.15, 0.2) is 0 Å². The molecule has 0 spiro atoms. The molecule has 0 aliphatic rings. The zero-order valence-corrected chi connectivity index (χ0v) is 10.2.